The summed E-state index contributed by atoms with van der Waals surface area (Å²) in [6.07, 6.45) is -0.696. The molecule has 0 aliphatic carbocycles. The normalized spacial score (nSPS) is 9.33. The third-order valence-corrected chi connectivity index (χ3v) is 0.993. The molecule has 0 fully saturated rings. The van der Waals surface area contributed by atoms with Crippen LogP contribution in [0.5, 0.6) is 0 Å². The summed E-state index contributed by atoms with van der Waals surface area (Å²) in [4.78, 5) is 30.4. The van der Waals surface area contributed by atoms with Crippen LogP contribution in [0.25, 0.3) is 0 Å². The molecule has 74 valence electrons. The Morgan fingerprint density at radius 3 is 1.73 bits per heavy atom. The Morgan fingerprint density at radius 1 is 1.13 bits per heavy atom. The number of carboxylic acids is 2. The molecule has 0 aliphatic rings. The van der Waals surface area contributed by atoms with Crippen LogP contribution in [0, 0.1) is 0 Å². The van der Waals surface area contributed by atoms with Gasteiger partial charge in [0.15, 0.2) is 0 Å². The van der Waals surface area contributed by atoms with E-state index < -0.39 is 30.4 Å². The standard InChI is InChI=1S/C5H8N2O5.3Na.3H/c6-5(12)7-2(4(10)11)1-3(8)9;;;;;;/h2H,1H2,(H,8,9)(H,10,11)(H3,6,7,12);;;;;;. The third kappa shape index (κ3) is 15.2. The van der Waals surface area contributed by atoms with Crippen molar-refractivity contribution in [3.05, 3.63) is 0 Å². The van der Waals surface area contributed by atoms with E-state index in [-0.39, 0.29) is 88.7 Å². The van der Waals surface area contributed by atoms with Gasteiger partial charge < -0.3 is 21.3 Å². The van der Waals surface area contributed by atoms with Crippen LogP contribution in [-0.4, -0.2) is 123 Å². The van der Waals surface area contributed by atoms with Gasteiger partial charge in [-0.15, -0.1) is 0 Å². The van der Waals surface area contributed by atoms with Crippen molar-refractivity contribution in [2.75, 3.05) is 0 Å². The van der Waals surface area contributed by atoms with Gasteiger partial charge in [0.2, 0.25) is 0 Å². The SMILES string of the molecule is NC(=O)NC(CC(=O)O)C(=O)O.[NaH].[NaH].[NaH]. The molecule has 0 heterocycles. The molecule has 10 heteroatoms. The summed E-state index contributed by atoms with van der Waals surface area (Å²) in [5.41, 5.74) is 4.60. The van der Waals surface area contributed by atoms with Gasteiger partial charge in [0.1, 0.15) is 6.04 Å². The zero-order valence-corrected chi connectivity index (χ0v) is 5.98. The van der Waals surface area contributed by atoms with Gasteiger partial charge in [-0.05, 0) is 0 Å². The number of hydrogen-bond acceptors (Lipinski definition) is 3. The number of nitrogens with two attached hydrogens (primary N) is 1. The first-order valence-corrected chi connectivity index (χ1v) is 2.94. The van der Waals surface area contributed by atoms with Crippen LogP contribution >= 0.6 is 0 Å². The van der Waals surface area contributed by atoms with E-state index >= 15 is 0 Å². The number of aliphatic carboxylic acids is 2. The number of carbonyl (C=O) groups excluding carboxylic acids is 1. The summed E-state index contributed by atoms with van der Waals surface area (Å²) < 4.78 is 0. The number of carboxylic acid groups (broad SMARTS) is 2. The Kier molecular flexibility index (Phi) is 22.3. The van der Waals surface area contributed by atoms with Crippen molar-refractivity contribution in [3.63, 3.8) is 0 Å². The summed E-state index contributed by atoms with van der Waals surface area (Å²) in [7, 11) is 0. The fraction of sp³-hybridized carbons (Fsp3) is 0.400. The molecule has 1 unspecified atom stereocenters. The fourth-order valence-electron chi connectivity index (χ4n) is 0.546. The van der Waals surface area contributed by atoms with E-state index in [9.17, 15) is 14.4 Å². The molecule has 5 N–H and O–H groups in total. The van der Waals surface area contributed by atoms with Crippen LogP contribution in [0.15, 0.2) is 0 Å². The minimum atomic E-state index is -1.47. The number of amides is 2. The van der Waals surface area contributed by atoms with Crippen LogP contribution in [0.1, 0.15) is 6.42 Å². The summed E-state index contributed by atoms with van der Waals surface area (Å²) in [5, 5.41) is 18.3. The molecular weight excluding hydrogens is 237 g/mol. The van der Waals surface area contributed by atoms with Crippen molar-refractivity contribution in [3.8, 4) is 0 Å². The van der Waals surface area contributed by atoms with Crippen LogP contribution in [0.4, 0.5) is 4.79 Å². The Balaban J connectivity index is -0.000000202. The molecule has 0 spiro atoms. The van der Waals surface area contributed by atoms with Gasteiger partial charge in [-0.2, -0.15) is 0 Å². The van der Waals surface area contributed by atoms with E-state index in [2.05, 4.69) is 5.73 Å². The van der Waals surface area contributed by atoms with Crippen molar-refractivity contribution in [2.45, 2.75) is 12.5 Å². The first-order chi connectivity index (χ1) is 5.43. The molecule has 0 saturated carbocycles. The predicted molar refractivity (Wildman–Crippen MR) is 57.8 cm³/mol. The minimum absolute atomic E-state index is 0. The molecule has 7 nitrogen and oxygen atoms in total. The molecule has 0 aliphatic heterocycles. The van der Waals surface area contributed by atoms with Gasteiger partial charge in [0.05, 0.1) is 6.42 Å². The van der Waals surface area contributed by atoms with Gasteiger partial charge in [-0.3, -0.25) is 4.79 Å². The molecule has 0 rings (SSSR count). The van der Waals surface area contributed by atoms with Gasteiger partial charge >= 0.3 is 107 Å². The number of primary amides is 1. The average Bonchev–Trinajstić information content (AvgIpc) is 1.83. The molecule has 0 aromatic carbocycles. The zero-order chi connectivity index (χ0) is 9.72. The van der Waals surface area contributed by atoms with Crippen molar-refractivity contribution in [1.29, 1.82) is 0 Å². The maximum absolute atomic E-state index is 10.2. The molecular formula is C5H11N2Na3O5. The molecule has 1 atom stereocenters. The zero-order valence-electron chi connectivity index (χ0n) is 5.98. The summed E-state index contributed by atoms with van der Waals surface area (Å²) in [6, 6.07) is -2.54. The molecule has 0 radical (unpaired) electrons. The molecule has 2 amide bonds. The van der Waals surface area contributed by atoms with Crippen LogP contribution in [0.2, 0.25) is 0 Å². The van der Waals surface area contributed by atoms with Crippen molar-refractivity contribution in [2.24, 2.45) is 5.73 Å². The average molecular weight is 248 g/mol. The van der Waals surface area contributed by atoms with Crippen LogP contribution in [-0.2, 0) is 9.59 Å². The van der Waals surface area contributed by atoms with Crippen molar-refractivity contribution in [1.82, 2.24) is 5.32 Å². The fourth-order valence-corrected chi connectivity index (χ4v) is 0.546. The van der Waals surface area contributed by atoms with E-state index in [1.54, 1.807) is 5.32 Å². The van der Waals surface area contributed by atoms with E-state index in [1.807, 2.05) is 0 Å². The third-order valence-electron chi connectivity index (χ3n) is 0.993. The molecule has 0 aromatic rings. The summed E-state index contributed by atoms with van der Waals surface area (Å²) in [5.74, 6) is -2.76. The van der Waals surface area contributed by atoms with Crippen LogP contribution < -0.4 is 11.1 Å². The Hall–Kier alpha value is 1.21. The number of rotatable bonds is 4. The Bertz CT molecular complexity index is 209. The predicted octanol–water partition coefficient (Wildman–Crippen LogP) is -3.36. The van der Waals surface area contributed by atoms with Gasteiger partial charge in [-0.25, -0.2) is 9.59 Å². The topological polar surface area (TPSA) is 130 Å². The molecule has 15 heavy (non-hydrogen) atoms. The van der Waals surface area contributed by atoms with E-state index in [0.29, 0.717) is 0 Å². The van der Waals surface area contributed by atoms with E-state index in [1.165, 1.54) is 0 Å². The maximum atomic E-state index is 10.2. The van der Waals surface area contributed by atoms with Crippen LogP contribution in [0.3, 0.4) is 0 Å². The van der Waals surface area contributed by atoms with Crippen molar-refractivity contribution >= 4 is 107 Å². The summed E-state index contributed by atoms with van der Waals surface area (Å²) in [6.45, 7) is 0. The molecule has 0 aromatic heterocycles. The monoisotopic (exact) mass is 248 g/mol. The van der Waals surface area contributed by atoms with E-state index in [4.69, 9.17) is 10.2 Å². The first kappa shape index (κ1) is 25.2. The second kappa shape index (κ2) is 13.3. The second-order valence-corrected chi connectivity index (χ2v) is 2.00. The number of hydrogen-bond donors (Lipinski definition) is 4. The number of nitrogens with one attached hydrogen (secondary N) is 1. The number of carbonyl (C=O) groups is 3. The number of urea groups is 1. The first-order valence-electron chi connectivity index (χ1n) is 2.94. The van der Waals surface area contributed by atoms with E-state index in [0.717, 1.165) is 0 Å². The Labute approximate surface area is 152 Å². The Morgan fingerprint density at radius 2 is 1.53 bits per heavy atom. The second-order valence-electron chi connectivity index (χ2n) is 2.00. The molecule has 0 bridgehead atoms. The quantitative estimate of drug-likeness (QED) is 0.386. The molecule has 0 saturated heterocycles. The van der Waals surface area contributed by atoms with Gasteiger partial charge in [-0.1, -0.05) is 0 Å². The van der Waals surface area contributed by atoms with Gasteiger partial charge in [0, 0.05) is 0 Å². The van der Waals surface area contributed by atoms with Crippen molar-refractivity contribution < 1.29 is 24.6 Å². The summed E-state index contributed by atoms with van der Waals surface area (Å²) >= 11 is 0. The van der Waals surface area contributed by atoms with Gasteiger partial charge in [0.25, 0.3) is 0 Å².